The Morgan fingerprint density at radius 1 is 0.905 bits per heavy atom. The van der Waals surface area contributed by atoms with Crippen LogP contribution in [0.5, 0.6) is 0 Å². The van der Waals surface area contributed by atoms with Crippen LogP contribution in [-0.4, -0.2) is 38.9 Å². The zero-order valence-electron chi connectivity index (χ0n) is 9.37. The highest BCUT2D eigenvalue weighted by molar-refractivity contribution is 9.10. The standard InChI is InChI=1S/C6H3BrN2O9S3/c7-2-1-3(19(10,11)12)4(9-8)6(21(16,17)18)5(2)20(13,14)15/h1H,(H2-,10,11,12,13,14,15,16,17,18)/p+1. The first kappa shape index (κ1) is 17.9. The van der Waals surface area contributed by atoms with Crippen molar-refractivity contribution in [2.75, 3.05) is 0 Å². The molecule has 1 aromatic carbocycles. The van der Waals surface area contributed by atoms with Crippen molar-refractivity contribution in [2.24, 2.45) is 0 Å². The van der Waals surface area contributed by atoms with Crippen molar-refractivity contribution in [3.8, 4) is 0 Å². The summed E-state index contributed by atoms with van der Waals surface area (Å²) in [7, 11) is -15.9. The van der Waals surface area contributed by atoms with E-state index in [1.165, 1.54) is 0 Å². The lowest BCUT2D eigenvalue weighted by Crippen LogP contribution is -2.12. The first-order valence-electron chi connectivity index (χ1n) is 4.35. The molecule has 1 rings (SSSR count). The summed E-state index contributed by atoms with van der Waals surface area (Å²) in [5.41, 5.74) is -1.49. The summed E-state index contributed by atoms with van der Waals surface area (Å²) in [6.07, 6.45) is 0. The van der Waals surface area contributed by atoms with Crippen LogP contribution in [0.25, 0.3) is 4.98 Å². The minimum atomic E-state index is -5.46. The van der Waals surface area contributed by atoms with Gasteiger partial charge in [0, 0.05) is 4.47 Å². The van der Waals surface area contributed by atoms with Gasteiger partial charge in [0.1, 0.15) is 4.90 Å². The molecule has 0 amide bonds. The van der Waals surface area contributed by atoms with Crippen molar-refractivity contribution < 1.29 is 38.9 Å². The molecule has 0 aliphatic heterocycles. The number of hydrogen-bond donors (Lipinski definition) is 3. The molecule has 0 heterocycles. The Labute approximate surface area is 126 Å². The van der Waals surface area contributed by atoms with Crippen LogP contribution in [0.4, 0.5) is 5.69 Å². The third-order valence-electron chi connectivity index (χ3n) is 2.02. The molecule has 0 aromatic heterocycles. The Kier molecular flexibility index (Phi) is 4.47. The van der Waals surface area contributed by atoms with Crippen molar-refractivity contribution >= 4 is 52.0 Å². The maximum absolute atomic E-state index is 11.2. The molecule has 1 aromatic rings. The Balaban J connectivity index is 4.34. The number of rotatable bonds is 3. The fraction of sp³-hybridized carbons (Fsp3) is 0. The maximum Gasteiger partial charge on any atom is 0.428 e. The molecule has 116 valence electrons. The van der Waals surface area contributed by atoms with Crippen molar-refractivity contribution in [1.82, 2.24) is 0 Å². The predicted octanol–water partition coefficient (Wildman–Crippen LogP) is 0.674. The first-order chi connectivity index (χ1) is 9.21. The van der Waals surface area contributed by atoms with Crippen molar-refractivity contribution in [3.05, 3.63) is 15.5 Å². The molecule has 0 aliphatic carbocycles. The van der Waals surface area contributed by atoms with Gasteiger partial charge >= 0.3 is 25.9 Å². The van der Waals surface area contributed by atoms with Gasteiger partial charge in [-0.15, -0.1) is 0 Å². The highest BCUT2D eigenvalue weighted by atomic mass is 79.9. The molecule has 3 N–H and O–H groups in total. The van der Waals surface area contributed by atoms with Gasteiger partial charge in [-0.2, -0.15) is 25.3 Å². The van der Waals surface area contributed by atoms with E-state index in [4.69, 9.17) is 19.1 Å². The lowest BCUT2D eigenvalue weighted by Gasteiger charge is -2.06. The number of diazo groups is 1. The van der Waals surface area contributed by atoms with Gasteiger partial charge in [-0.3, -0.25) is 13.7 Å². The Bertz CT molecular complexity index is 971. The summed E-state index contributed by atoms with van der Waals surface area (Å²) in [5.74, 6) is 0. The van der Waals surface area contributed by atoms with E-state index in [2.05, 4.69) is 20.9 Å². The van der Waals surface area contributed by atoms with Crippen molar-refractivity contribution in [2.45, 2.75) is 14.7 Å². The first-order valence-corrected chi connectivity index (χ1v) is 9.46. The largest absolute Gasteiger partial charge is 0.428 e. The fourth-order valence-corrected chi connectivity index (χ4v) is 5.40. The minimum absolute atomic E-state index is 0.363. The van der Waals surface area contributed by atoms with E-state index in [0.29, 0.717) is 6.07 Å². The molecule has 11 nitrogen and oxygen atoms in total. The maximum atomic E-state index is 11.2. The van der Waals surface area contributed by atoms with Gasteiger partial charge in [0.15, 0.2) is 9.87 Å². The summed E-state index contributed by atoms with van der Waals surface area (Å²) < 4.78 is 93.0. The van der Waals surface area contributed by atoms with Crippen LogP contribution in [0.3, 0.4) is 0 Å². The molecule has 0 unspecified atom stereocenters. The smallest absolute Gasteiger partial charge is 0.282 e. The number of benzene rings is 1. The summed E-state index contributed by atoms with van der Waals surface area (Å²) in [6, 6.07) is 0.363. The third-order valence-corrected chi connectivity index (χ3v) is 5.76. The van der Waals surface area contributed by atoms with Crippen LogP contribution in [0.1, 0.15) is 0 Å². The second kappa shape index (κ2) is 5.24. The van der Waals surface area contributed by atoms with Gasteiger partial charge in [-0.05, 0) is 22.0 Å². The lowest BCUT2D eigenvalue weighted by molar-refractivity contribution is 0.465. The normalized spacial score (nSPS) is 12.9. The minimum Gasteiger partial charge on any atom is -0.282 e. The highest BCUT2D eigenvalue weighted by Crippen LogP contribution is 2.41. The topological polar surface area (TPSA) is 191 Å². The summed E-state index contributed by atoms with van der Waals surface area (Å²) in [5, 5.41) is 8.69. The van der Waals surface area contributed by atoms with E-state index in [0.717, 1.165) is 0 Å². The van der Waals surface area contributed by atoms with Crippen molar-refractivity contribution in [3.63, 3.8) is 0 Å². The number of halogens is 1. The summed E-state index contributed by atoms with van der Waals surface area (Å²) >= 11 is 2.47. The van der Waals surface area contributed by atoms with E-state index < -0.39 is 55.2 Å². The molecule has 0 radical (unpaired) electrons. The Morgan fingerprint density at radius 2 is 1.33 bits per heavy atom. The van der Waals surface area contributed by atoms with Crippen LogP contribution in [0.2, 0.25) is 0 Å². The molecule has 0 saturated heterocycles. The molecule has 0 bridgehead atoms. The molecule has 15 heteroatoms. The lowest BCUT2D eigenvalue weighted by atomic mass is 10.3. The number of hydrogen-bond acceptors (Lipinski definition) is 7. The third kappa shape index (κ3) is 3.55. The van der Waals surface area contributed by atoms with Crippen LogP contribution >= 0.6 is 15.9 Å². The van der Waals surface area contributed by atoms with Gasteiger partial charge in [0.2, 0.25) is 10.3 Å². The molecule has 0 saturated carbocycles. The molecular formula is C6H4BrN2O9S3+. The van der Waals surface area contributed by atoms with E-state index in [1.807, 2.05) is 0 Å². The summed E-state index contributed by atoms with van der Waals surface area (Å²) in [6.45, 7) is 0. The second-order valence-electron chi connectivity index (χ2n) is 3.39. The fourth-order valence-electron chi connectivity index (χ4n) is 1.35. The van der Waals surface area contributed by atoms with E-state index in [-0.39, 0.29) is 0 Å². The monoisotopic (exact) mass is 423 g/mol. The van der Waals surface area contributed by atoms with E-state index >= 15 is 0 Å². The van der Waals surface area contributed by atoms with Gasteiger partial charge in [-0.25, -0.2) is 0 Å². The molecule has 21 heavy (non-hydrogen) atoms. The highest BCUT2D eigenvalue weighted by Gasteiger charge is 2.42. The molecule has 0 fully saturated rings. The van der Waals surface area contributed by atoms with Crippen molar-refractivity contribution in [1.29, 1.82) is 5.39 Å². The van der Waals surface area contributed by atoms with Gasteiger partial charge in [0.25, 0.3) is 10.1 Å². The van der Waals surface area contributed by atoms with Crippen LogP contribution < -0.4 is 0 Å². The second-order valence-corrected chi connectivity index (χ2v) is 8.35. The van der Waals surface area contributed by atoms with E-state index in [9.17, 15) is 25.3 Å². The molecule has 0 atom stereocenters. The van der Waals surface area contributed by atoms with Gasteiger partial charge in [-0.1, -0.05) is 0 Å². The zero-order chi connectivity index (χ0) is 16.8. The molecular weight excluding hydrogens is 420 g/mol. The Hall–Kier alpha value is -1.15. The van der Waals surface area contributed by atoms with Crippen LogP contribution in [-0.2, 0) is 30.4 Å². The zero-order valence-corrected chi connectivity index (χ0v) is 13.4. The molecule has 0 aliphatic rings. The predicted molar refractivity (Wildman–Crippen MR) is 68.3 cm³/mol. The average Bonchev–Trinajstić information content (AvgIpc) is 2.23. The van der Waals surface area contributed by atoms with Gasteiger partial charge in [0.05, 0.1) is 0 Å². The SMILES string of the molecule is N#[N+]c1c(S(=O)(=O)O)cc(Br)c(S(=O)(=O)O)c1S(=O)(=O)O. The number of nitrogens with zero attached hydrogens (tertiary/aromatic N) is 2. The summed E-state index contributed by atoms with van der Waals surface area (Å²) in [4.78, 5) is -2.27. The average molecular weight is 424 g/mol. The van der Waals surface area contributed by atoms with Crippen LogP contribution in [0.15, 0.2) is 25.2 Å². The molecule has 0 spiro atoms. The van der Waals surface area contributed by atoms with Crippen LogP contribution in [0, 0.1) is 5.39 Å². The Morgan fingerprint density at radius 3 is 1.62 bits per heavy atom. The quantitative estimate of drug-likeness (QED) is 0.459. The van der Waals surface area contributed by atoms with E-state index in [1.54, 1.807) is 0 Å². The van der Waals surface area contributed by atoms with Gasteiger partial charge < -0.3 is 0 Å².